The molecule has 1 aliphatic rings. The molecule has 0 radical (unpaired) electrons. The Morgan fingerprint density at radius 1 is 0.871 bits per heavy atom. The summed E-state index contributed by atoms with van der Waals surface area (Å²) < 4.78 is 1.95. The van der Waals surface area contributed by atoms with Crippen LogP contribution in [0.2, 0.25) is 0 Å². The van der Waals surface area contributed by atoms with Crippen LogP contribution in [0.25, 0.3) is 0 Å². The third-order valence-corrected chi connectivity index (χ3v) is 5.61. The van der Waals surface area contributed by atoms with Crippen molar-refractivity contribution in [2.45, 2.75) is 38.8 Å². The Morgan fingerprint density at radius 2 is 1.58 bits per heavy atom. The van der Waals surface area contributed by atoms with E-state index in [1.54, 1.807) is 0 Å². The first-order valence-electron chi connectivity index (χ1n) is 11.2. The van der Waals surface area contributed by atoms with Gasteiger partial charge in [0.15, 0.2) is 0 Å². The van der Waals surface area contributed by atoms with E-state index in [0.29, 0.717) is 13.1 Å². The van der Waals surface area contributed by atoms with Gasteiger partial charge in [0.25, 0.3) is 0 Å². The minimum absolute atomic E-state index is 0.0634. The zero-order valence-corrected chi connectivity index (χ0v) is 18.0. The number of nitrogens with zero attached hydrogens (tertiary/aromatic N) is 3. The van der Waals surface area contributed by atoms with Crippen molar-refractivity contribution < 1.29 is 4.79 Å². The van der Waals surface area contributed by atoms with E-state index in [0.717, 1.165) is 36.6 Å². The van der Waals surface area contributed by atoms with Gasteiger partial charge >= 0.3 is 0 Å². The minimum Gasteiger partial charge on any atom is -0.381 e. The number of carbonyl (C=O) groups excluding carboxylic acids is 1. The van der Waals surface area contributed by atoms with E-state index in [1.165, 1.54) is 31.2 Å². The lowest BCUT2D eigenvalue weighted by molar-refractivity contribution is -0.117. The Balaban J connectivity index is 1.23. The van der Waals surface area contributed by atoms with Gasteiger partial charge in [0.2, 0.25) is 5.91 Å². The molecule has 1 fully saturated rings. The molecule has 1 aromatic heterocycles. The lowest BCUT2D eigenvalue weighted by atomic mass is 10.2. The largest absolute Gasteiger partial charge is 0.381 e. The highest BCUT2D eigenvalue weighted by Gasteiger charge is 2.13. The third-order valence-electron chi connectivity index (χ3n) is 5.61. The van der Waals surface area contributed by atoms with E-state index in [2.05, 4.69) is 39.0 Å². The Morgan fingerprint density at radius 3 is 2.32 bits per heavy atom. The zero-order chi connectivity index (χ0) is 21.3. The zero-order valence-electron chi connectivity index (χ0n) is 18.0. The average Bonchev–Trinajstić information content (AvgIpc) is 3.07. The molecular weight excluding hydrogens is 386 g/mol. The van der Waals surface area contributed by atoms with E-state index in [9.17, 15) is 4.79 Å². The second kappa shape index (κ2) is 10.8. The van der Waals surface area contributed by atoms with Crippen molar-refractivity contribution in [3.05, 3.63) is 78.1 Å². The van der Waals surface area contributed by atoms with Crippen molar-refractivity contribution in [3.63, 3.8) is 0 Å². The molecule has 2 N–H and O–H groups in total. The number of benzene rings is 2. The molecule has 1 saturated heterocycles. The predicted molar refractivity (Wildman–Crippen MR) is 125 cm³/mol. The van der Waals surface area contributed by atoms with Gasteiger partial charge < -0.3 is 10.6 Å². The Bertz CT molecular complexity index is 944. The molecule has 2 aromatic carbocycles. The molecule has 0 unspecified atom stereocenters. The van der Waals surface area contributed by atoms with Crippen molar-refractivity contribution >= 4 is 17.3 Å². The van der Waals surface area contributed by atoms with Gasteiger partial charge in [0, 0.05) is 29.7 Å². The summed E-state index contributed by atoms with van der Waals surface area (Å²) in [5.41, 5.74) is 4.21. The summed E-state index contributed by atoms with van der Waals surface area (Å²) >= 11 is 0. The van der Waals surface area contributed by atoms with Crippen molar-refractivity contribution in [3.8, 4) is 0 Å². The van der Waals surface area contributed by atoms with Crippen LogP contribution in [0, 0.1) is 0 Å². The van der Waals surface area contributed by atoms with E-state index >= 15 is 0 Å². The molecule has 0 spiro atoms. The maximum atomic E-state index is 12.3. The minimum atomic E-state index is 0.0634. The number of likely N-dealkylation sites (tertiary alicyclic amines) is 1. The first-order valence-corrected chi connectivity index (χ1v) is 11.2. The highest BCUT2D eigenvalue weighted by Crippen LogP contribution is 2.15. The quantitative estimate of drug-likeness (QED) is 0.572. The summed E-state index contributed by atoms with van der Waals surface area (Å²) in [6, 6.07) is 18.2. The van der Waals surface area contributed by atoms with Crippen molar-refractivity contribution in [2.24, 2.45) is 0 Å². The topological polar surface area (TPSA) is 62.2 Å². The van der Waals surface area contributed by atoms with Crippen LogP contribution in [0.3, 0.4) is 0 Å². The van der Waals surface area contributed by atoms with Crippen LogP contribution in [0.4, 0.5) is 11.4 Å². The molecule has 0 aliphatic carbocycles. The molecule has 0 atom stereocenters. The average molecular weight is 418 g/mol. The molecule has 1 aliphatic heterocycles. The van der Waals surface area contributed by atoms with Gasteiger partial charge in [0.1, 0.15) is 0 Å². The fraction of sp³-hybridized carbons (Fsp3) is 0.360. The van der Waals surface area contributed by atoms with Crippen LogP contribution >= 0.6 is 0 Å². The van der Waals surface area contributed by atoms with Gasteiger partial charge in [-0.3, -0.25) is 14.4 Å². The highest BCUT2D eigenvalue weighted by molar-refractivity contribution is 5.92. The molecule has 4 rings (SSSR count). The predicted octanol–water partition coefficient (Wildman–Crippen LogP) is 4.36. The molecule has 6 heteroatoms. The van der Waals surface area contributed by atoms with E-state index in [-0.39, 0.29) is 5.91 Å². The smallest absolute Gasteiger partial charge is 0.238 e. The number of rotatable bonds is 8. The Labute approximate surface area is 184 Å². The molecular formula is C25H31N5O. The summed E-state index contributed by atoms with van der Waals surface area (Å²) in [5.74, 6) is 0.0634. The molecule has 0 bridgehead atoms. The monoisotopic (exact) mass is 417 g/mol. The van der Waals surface area contributed by atoms with Crippen LogP contribution in [-0.2, 0) is 17.9 Å². The number of hydrogen-bond donors (Lipinski definition) is 2. The van der Waals surface area contributed by atoms with E-state index in [4.69, 9.17) is 0 Å². The molecule has 31 heavy (non-hydrogen) atoms. The third kappa shape index (κ3) is 6.69. The van der Waals surface area contributed by atoms with Crippen LogP contribution in [0.15, 0.2) is 67.0 Å². The van der Waals surface area contributed by atoms with Gasteiger partial charge in [0.05, 0.1) is 19.3 Å². The second-order valence-electron chi connectivity index (χ2n) is 8.20. The van der Waals surface area contributed by atoms with Crippen LogP contribution < -0.4 is 10.6 Å². The summed E-state index contributed by atoms with van der Waals surface area (Å²) in [6.45, 7) is 4.01. The molecule has 0 saturated carbocycles. The van der Waals surface area contributed by atoms with Gasteiger partial charge in [-0.25, -0.2) is 0 Å². The Kier molecular flexibility index (Phi) is 7.34. The van der Waals surface area contributed by atoms with E-state index in [1.807, 2.05) is 53.3 Å². The fourth-order valence-corrected chi connectivity index (χ4v) is 3.93. The Hall–Kier alpha value is -3.12. The SMILES string of the molecule is O=C(CN1CCCCCC1)Nc1ccc(NCc2cnn(Cc3ccccc3)c2)cc1. The van der Waals surface area contributed by atoms with E-state index < -0.39 is 0 Å². The number of nitrogens with one attached hydrogen (secondary N) is 2. The van der Waals surface area contributed by atoms with Gasteiger partial charge in [-0.15, -0.1) is 0 Å². The maximum absolute atomic E-state index is 12.3. The van der Waals surface area contributed by atoms with Crippen molar-refractivity contribution in [2.75, 3.05) is 30.3 Å². The van der Waals surface area contributed by atoms with Crippen LogP contribution in [0.1, 0.15) is 36.8 Å². The molecule has 6 nitrogen and oxygen atoms in total. The lowest BCUT2D eigenvalue weighted by Gasteiger charge is -2.19. The van der Waals surface area contributed by atoms with Crippen molar-refractivity contribution in [1.29, 1.82) is 0 Å². The summed E-state index contributed by atoms with van der Waals surface area (Å²) in [5, 5.41) is 10.9. The summed E-state index contributed by atoms with van der Waals surface area (Å²) in [7, 11) is 0. The normalized spacial score (nSPS) is 14.7. The number of aromatic nitrogens is 2. The summed E-state index contributed by atoms with van der Waals surface area (Å²) in [6.07, 6.45) is 8.91. The van der Waals surface area contributed by atoms with Crippen LogP contribution in [0.5, 0.6) is 0 Å². The number of anilines is 2. The molecule has 162 valence electrons. The van der Waals surface area contributed by atoms with Gasteiger partial charge in [-0.1, -0.05) is 43.2 Å². The standard InChI is InChI=1S/C25H31N5O/c31-25(20-29-14-6-1-2-7-15-29)28-24-12-10-23(11-13-24)26-16-22-17-27-30(19-22)18-21-8-4-3-5-9-21/h3-5,8-13,17,19,26H,1-2,6-7,14-16,18,20H2,(H,28,31). The first-order chi connectivity index (χ1) is 15.2. The van der Waals surface area contributed by atoms with Gasteiger partial charge in [-0.2, -0.15) is 5.10 Å². The molecule has 3 aromatic rings. The number of amides is 1. The second-order valence-corrected chi connectivity index (χ2v) is 8.20. The fourth-order valence-electron chi connectivity index (χ4n) is 3.93. The number of carbonyl (C=O) groups is 1. The molecule has 1 amide bonds. The summed E-state index contributed by atoms with van der Waals surface area (Å²) in [4.78, 5) is 14.6. The lowest BCUT2D eigenvalue weighted by Crippen LogP contribution is -2.33. The van der Waals surface area contributed by atoms with Gasteiger partial charge in [-0.05, 0) is 55.8 Å². The highest BCUT2D eigenvalue weighted by atomic mass is 16.2. The first kappa shape index (κ1) is 21.1. The number of hydrogen-bond acceptors (Lipinski definition) is 4. The molecule has 2 heterocycles. The van der Waals surface area contributed by atoms with Crippen LogP contribution in [-0.4, -0.2) is 40.2 Å². The maximum Gasteiger partial charge on any atom is 0.238 e. The van der Waals surface area contributed by atoms with Crippen molar-refractivity contribution in [1.82, 2.24) is 14.7 Å².